The number of aryl methyl sites for hydroxylation is 2. The summed E-state index contributed by atoms with van der Waals surface area (Å²) in [5.41, 5.74) is 2.45. The van der Waals surface area contributed by atoms with E-state index in [0.717, 1.165) is 11.1 Å². The standard InChI is InChI=1S/C17H16ClFO2/c1-10-7-8-11(2)13(9-10)17(20)12(3)21-15-6-4-5-14(18)16(15)19/h4-9,12H,1-3H3. The van der Waals surface area contributed by atoms with Gasteiger partial charge in [-0.05, 0) is 44.5 Å². The molecule has 0 aliphatic rings. The number of rotatable bonds is 4. The molecule has 0 radical (unpaired) electrons. The number of carbonyl (C=O) groups excluding carboxylic acids is 1. The summed E-state index contributed by atoms with van der Waals surface area (Å²) < 4.78 is 19.2. The predicted molar refractivity (Wildman–Crippen MR) is 81.7 cm³/mol. The van der Waals surface area contributed by atoms with Gasteiger partial charge < -0.3 is 4.74 Å². The van der Waals surface area contributed by atoms with E-state index in [1.807, 2.05) is 32.0 Å². The second-order valence-electron chi connectivity index (χ2n) is 4.99. The lowest BCUT2D eigenvalue weighted by molar-refractivity contribution is 0.0811. The number of hydrogen-bond donors (Lipinski definition) is 0. The molecule has 0 saturated heterocycles. The van der Waals surface area contributed by atoms with Gasteiger partial charge in [0.15, 0.2) is 17.7 Å². The molecule has 0 amide bonds. The summed E-state index contributed by atoms with van der Waals surface area (Å²) in [6.07, 6.45) is -0.793. The first-order valence-corrected chi connectivity index (χ1v) is 7.00. The topological polar surface area (TPSA) is 26.3 Å². The van der Waals surface area contributed by atoms with Crippen LogP contribution in [-0.2, 0) is 0 Å². The molecule has 0 aliphatic carbocycles. The SMILES string of the molecule is Cc1ccc(C)c(C(=O)C(C)Oc2cccc(Cl)c2F)c1. The summed E-state index contributed by atoms with van der Waals surface area (Å²) >= 11 is 5.70. The predicted octanol–water partition coefficient (Wildman–Crippen LogP) is 4.75. The molecule has 0 saturated carbocycles. The third-order valence-electron chi connectivity index (χ3n) is 3.25. The van der Waals surface area contributed by atoms with Gasteiger partial charge in [0.1, 0.15) is 0 Å². The molecule has 1 atom stereocenters. The van der Waals surface area contributed by atoms with Crippen LogP contribution < -0.4 is 4.74 Å². The van der Waals surface area contributed by atoms with Gasteiger partial charge in [-0.3, -0.25) is 4.79 Å². The fourth-order valence-electron chi connectivity index (χ4n) is 2.04. The van der Waals surface area contributed by atoms with Crippen molar-refractivity contribution in [3.8, 4) is 5.75 Å². The third-order valence-corrected chi connectivity index (χ3v) is 3.54. The molecule has 2 aromatic rings. The Bertz CT molecular complexity index is 682. The number of hydrogen-bond acceptors (Lipinski definition) is 2. The van der Waals surface area contributed by atoms with Crippen LogP contribution in [0.2, 0.25) is 5.02 Å². The zero-order valence-corrected chi connectivity index (χ0v) is 12.9. The maximum atomic E-state index is 13.8. The summed E-state index contributed by atoms with van der Waals surface area (Å²) in [6.45, 7) is 5.38. The molecule has 0 fully saturated rings. The minimum absolute atomic E-state index is 0.0198. The van der Waals surface area contributed by atoms with E-state index in [4.69, 9.17) is 16.3 Å². The van der Waals surface area contributed by atoms with Crippen molar-refractivity contribution < 1.29 is 13.9 Å². The Hall–Kier alpha value is -1.87. The Labute approximate surface area is 128 Å². The molecule has 0 spiro atoms. The Morgan fingerprint density at radius 3 is 2.67 bits per heavy atom. The van der Waals surface area contributed by atoms with Crippen LogP contribution in [-0.4, -0.2) is 11.9 Å². The quantitative estimate of drug-likeness (QED) is 0.762. The Balaban J connectivity index is 2.24. The van der Waals surface area contributed by atoms with Crippen molar-refractivity contribution in [2.24, 2.45) is 0 Å². The van der Waals surface area contributed by atoms with Gasteiger partial charge in [-0.1, -0.05) is 35.4 Å². The van der Waals surface area contributed by atoms with Crippen LogP contribution in [0, 0.1) is 19.7 Å². The van der Waals surface area contributed by atoms with Crippen LogP contribution in [0.4, 0.5) is 4.39 Å². The first-order valence-electron chi connectivity index (χ1n) is 6.62. The molecule has 0 heterocycles. The number of carbonyl (C=O) groups is 1. The van der Waals surface area contributed by atoms with Gasteiger partial charge in [0, 0.05) is 5.56 Å². The number of halogens is 2. The average Bonchev–Trinajstić information content (AvgIpc) is 2.45. The molecule has 110 valence electrons. The van der Waals surface area contributed by atoms with Crippen LogP contribution in [0.15, 0.2) is 36.4 Å². The number of Topliss-reactive ketones (excluding diaryl/α,β-unsaturated/α-hetero) is 1. The summed E-state index contributed by atoms with van der Waals surface area (Å²) in [5.74, 6) is -0.857. The molecule has 21 heavy (non-hydrogen) atoms. The Kier molecular flexibility index (Phi) is 4.63. The summed E-state index contributed by atoms with van der Waals surface area (Å²) in [7, 11) is 0. The smallest absolute Gasteiger partial charge is 0.203 e. The van der Waals surface area contributed by atoms with Gasteiger partial charge in [0.25, 0.3) is 0 Å². The highest BCUT2D eigenvalue weighted by Crippen LogP contribution is 2.25. The molecular formula is C17H16ClFO2. The molecule has 1 unspecified atom stereocenters. The van der Waals surface area contributed by atoms with Crippen LogP contribution in [0.3, 0.4) is 0 Å². The van der Waals surface area contributed by atoms with Gasteiger partial charge in [-0.25, -0.2) is 4.39 Å². The highest BCUT2D eigenvalue weighted by molar-refractivity contribution is 6.30. The zero-order chi connectivity index (χ0) is 15.6. The van der Waals surface area contributed by atoms with Gasteiger partial charge >= 0.3 is 0 Å². The van der Waals surface area contributed by atoms with Crippen molar-refractivity contribution in [2.75, 3.05) is 0 Å². The lowest BCUT2D eigenvalue weighted by atomic mass is 9.99. The van der Waals surface area contributed by atoms with E-state index in [0.29, 0.717) is 5.56 Å². The van der Waals surface area contributed by atoms with Crippen molar-refractivity contribution in [1.29, 1.82) is 0 Å². The second-order valence-corrected chi connectivity index (χ2v) is 5.40. The molecule has 2 nitrogen and oxygen atoms in total. The van der Waals surface area contributed by atoms with Gasteiger partial charge in [0.2, 0.25) is 5.78 Å². The highest BCUT2D eigenvalue weighted by Gasteiger charge is 2.20. The van der Waals surface area contributed by atoms with Crippen LogP contribution in [0.1, 0.15) is 28.4 Å². The van der Waals surface area contributed by atoms with Gasteiger partial charge in [-0.15, -0.1) is 0 Å². The second kappa shape index (κ2) is 6.27. The van der Waals surface area contributed by atoms with E-state index < -0.39 is 11.9 Å². The monoisotopic (exact) mass is 306 g/mol. The van der Waals surface area contributed by atoms with E-state index in [2.05, 4.69) is 0 Å². The summed E-state index contributed by atoms with van der Waals surface area (Å²) in [4.78, 5) is 12.4. The van der Waals surface area contributed by atoms with Crippen LogP contribution >= 0.6 is 11.6 Å². The average molecular weight is 307 g/mol. The zero-order valence-electron chi connectivity index (χ0n) is 12.1. The van der Waals surface area contributed by atoms with Crippen molar-refractivity contribution in [2.45, 2.75) is 26.9 Å². The lowest BCUT2D eigenvalue weighted by Gasteiger charge is -2.16. The fourth-order valence-corrected chi connectivity index (χ4v) is 2.21. The van der Waals surface area contributed by atoms with E-state index in [1.165, 1.54) is 12.1 Å². The number of ketones is 1. The minimum Gasteiger partial charge on any atom is -0.479 e. The Morgan fingerprint density at radius 2 is 1.95 bits per heavy atom. The molecule has 0 aliphatic heterocycles. The van der Waals surface area contributed by atoms with E-state index in [9.17, 15) is 9.18 Å². The maximum Gasteiger partial charge on any atom is 0.203 e. The van der Waals surface area contributed by atoms with Crippen molar-refractivity contribution in [1.82, 2.24) is 0 Å². The van der Waals surface area contributed by atoms with Crippen molar-refractivity contribution in [3.63, 3.8) is 0 Å². The summed E-state index contributed by atoms with van der Waals surface area (Å²) in [5, 5.41) is -0.0288. The third kappa shape index (κ3) is 3.42. The van der Waals surface area contributed by atoms with Crippen molar-refractivity contribution in [3.05, 3.63) is 63.9 Å². The fraction of sp³-hybridized carbons (Fsp3) is 0.235. The van der Waals surface area contributed by atoms with Crippen LogP contribution in [0.5, 0.6) is 5.75 Å². The minimum atomic E-state index is -0.793. The van der Waals surface area contributed by atoms with Gasteiger partial charge in [-0.2, -0.15) is 0 Å². The molecule has 0 aromatic heterocycles. The first-order chi connectivity index (χ1) is 9.90. The molecule has 4 heteroatoms. The first kappa shape index (κ1) is 15.5. The molecule has 0 N–H and O–H groups in total. The number of ether oxygens (including phenoxy) is 1. The summed E-state index contributed by atoms with van der Waals surface area (Å²) in [6, 6.07) is 10.1. The van der Waals surface area contributed by atoms with E-state index in [-0.39, 0.29) is 16.6 Å². The van der Waals surface area contributed by atoms with Gasteiger partial charge in [0.05, 0.1) is 5.02 Å². The largest absolute Gasteiger partial charge is 0.479 e. The molecule has 0 bridgehead atoms. The highest BCUT2D eigenvalue weighted by atomic mass is 35.5. The number of benzene rings is 2. The molecule has 2 rings (SSSR count). The molecular weight excluding hydrogens is 291 g/mol. The normalized spacial score (nSPS) is 12.0. The van der Waals surface area contributed by atoms with E-state index >= 15 is 0 Å². The van der Waals surface area contributed by atoms with E-state index in [1.54, 1.807) is 13.0 Å². The maximum absolute atomic E-state index is 13.8. The van der Waals surface area contributed by atoms with Crippen molar-refractivity contribution >= 4 is 17.4 Å². The Morgan fingerprint density at radius 1 is 1.24 bits per heavy atom. The lowest BCUT2D eigenvalue weighted by Crippen LogP contribution is -2.25. The molecule has 2 aromatic carbocycles. The van der Waals surface area contributed by atoms with Crippen LogP contribution in [0.25, 0.3) is 0 Å².